The van der Waals surface area contributed by atoms with E-state index < -0.39 is 29.0 Å². The Bertz CT molecular complexity index is 1970. The molecule has 19 nitrogen and oxygen atoms in total. The second kappa shape index (κ2) is 20.7. The molecule has 0 radical (unpaired) electrons. The fourth-order valence-electron chi connectivity index (χ4n) is 5.15. The molecule has 0 spiro atoms. The van der Waals surface area contributed by atoms with Crippen LogP contribution in [0.1, 0.15) is 65.6 Å². The lowest BCUT2D eigenvalue weighted by Crippen LogP contribution is -2.33. The van der Waals surface area contributed by atoms with E-state index in [4.69, 9.17) is 37.4 Å². The Morgan fingerprint density at radius 3 is 2.38 bits per heavy atom. The van der Waals surface area contributed by atoms with Gasteiger partial charge in [-0.2, -0.15) is 5.12 Å². The van der Waals surface area contributed by atoms with Crippen LogP contribution in [0.3, 0.4) is 0 Å². The molecule has 0 saturated heterocycles. The van der Waals surface area contributed by atoms with Gasteiger partial charge < -0.3 is 34.2 Å². The maximum absolute atomic E-state index is 13.5. The van der Waals surface area contributed by atoms with Crippen LogP contribution < -0.4 is 16.3 Å². The standard InChI is InChI=1S/C35H39ClN8O11/c1-2-3-13-30-39-32(36)31(34(45)55-27-10-8-9-25(20-27)22-54-44(49)50)41(30)21-24-14-16-26(17-15-24)28-11-4-5-12-29(28)33(37)40-42(38)23-52-35(46)51-18-6-7-19-53-43(47)48/h4-5,8-12,14-17,20H,2-3,6-7,13,18-19,21-23,38H2,1H3,(H2,37,40). The predicted octanol–water partition coefficient (Wildman–Crippen LogP) is 5.42. The van der Waals surface area contributed by atoms with E-state index in [0.717, 1.165) is 34.6 Å². The molecule has 4 aromatic rings. The highest BCUT2D eigenvalue weighted by Crippen LogP contribution is 2.27. The van der Waals surface area contributed by atoms with Gasteiger partial charge >= 0.3 is 12.1 Å². The Balaban J connectivity index is 1.45. The number of unbranched alkanes of at least 4 members (excludes halogenated alkanes) is 2. The van der Waals surface area contributed by atoms with E-state index in [0.29, 0.717) is 36.2 Å². The van der Waals surface area contributed by atoms with Crippen molar-refractivity contribution < 1.29 is 43.6 Å². The summed E-state index contributed by atoms with van der Waals surface area (Å²) in [5.74, 6) is 5.94. The number of hydrazone groups is 1. The third-order valence-electron chi connectivity index (χ3n) is 7.71. The fraction of sp³-hybridized carbons (Fsp3) is 0.314. The Morgan fingerprint density at radius 2 is 1.65 bits per heavy atom. The van der Waals surface area contributed by atoms with Crippen LogP contribution >= 0.6 is 11.6 Å². The topological polar surface area (TPSA) is 252 Å². The third kappa shape index (κ3) is 12.9. The van der Waals surface area contributed by atoms with Crippen molar-refractivity contribution in [3.8, 4) is 16.9 Å². The van der Waals surface area contributed by atoms with Gasteiger partial charge in [0.15, 0.2) is 23.4 Å². The molecule has 0 aliphatic heterocycles. The molecule has 1 aromatic heterocycles. The van der Waals surface area contributed by atoms with Crippen LogP contribution in [-0.2, 0) is 38.7 Å². The molecular formula is C35H39ClN8O11. The quantitative estimate of drug-likeness (QED) is 0.0123. The van der Waals surface area contributed by atoms with Gasteiger partial charge in [-0.15, -0.1) is 25.3 Å². The van der Waals surface area contributed by atoms with E-state index in [-0.39, 0.29) is 48.8 Å². The summed E-state index contributed by atoms with van der Waals surface area (Å²) >= 11 is 6.52. The smallest absolute Gasteiger partial charge is 0.434 e. The van der Waals surface area contributed by atoms with Crippen LogP contribution in [0.25, 0.3) is 11.1 Å². The summed E-state index contributed by atoms with van der Waals surface area (Å²) in [6, 6.07) is 20.9. The van der Waals surface area contributed by atoms with Crippen molar-refractivity contribution in [1.82, 2.24) is 14.7 Å². The first-order valence-electron chi connectivity index (χ1n) is 16.9. The number of hydrogen-bond donors (Lipinski definition) is 2. The molecule has 0 aliphatic rings. The van der Waals surface area contributed by atoms with E-state index in [1.54, 1.807) is 28.8 Å². The molecule has 0 amide bonds. The number of aryl methyl sites for hydroxylation is 1. The number of ether oxygens (including phenoxy) is 3. The number of nitrogens with zero attached hydrogens (tertiary/aromatic N) is 6. The zero-order chi connectivity index (χ0) is 39.7. The highest BCUT2D eigenvalue weighted by molar-refractivity contribution is 6.32. The maximum atomic E-state index is 13.5. The number of hydrazine groups is 1. The molecule has 0 unspecified atom stereocenters. The molecule has 20 heteroatoms. The molecule has 292 valence electrons. The second-order valence-corrected chi connectivity index (χ2v) is 12.1. The van der Waals surface area contributed by atoms with Gasteiger partial charge in [-0.1, -0.05) is 85.6 Å². The number of amidine groups is 1. The Labute approximate surface area is 319 Å². The van der Waals surface area contributed by atoms with E-state index >= 15 is 0 Å². The lowest BCUT2D eigenvalue weighted by molar-refractivity contribution is -0.763. The van der Waals surface area contributed by atoms with E-state index in [9.17, 15) is 29.8 Å². The van der Waals surface area contributed by atoms with Crippen molar-refractivity contribution in [2.45, 2.75) is 52.2 Å². The van der Waals surface area contributed by atoms with Crippen molar-refractivity contribution in [3.63, 3.8) is 0 Å². The number of carbonyl (C=O) groups is 2. The van der Waals surface area contributed by atoms with Gasteiger partial charge in [-0.05, 0) is 53.6 Å². The van der Waals surface area contributed by atoms with E-state index in [1.807, 2.05) is 43.3 Å². The van der Waals surface area contributed by atoms with Crippen molar-refractivity contribution in [3.05, 3.63) is 126 Å². The van der Waals surface area contributed by atoms with Gasteiger partial charge in [0.1, 0.15) is 18.2 Å². The molecule has 55 heavy (non-hydrogen) atoms. The van der Waals surface area contributed by atoms with Gasteiger partial charge in [0.25, 0.3) is 10.2 Å². The highest BCUT2D eigenvalue weighted by atomic mass is 35.5. The maximum Gasteiger partial charge on any atom is 0.510 e. The molecule has 0 bridgehead atoms. The minimum Gasteiger partial charge on any atom is -0.434 e. The normalized spacial score (nSPS) is 11.1. The van der Waals surface area contributed by atoms with Crippen LogP contribution in [-0.4, -0.2) is 62.7 Å². The predicted molar refractivity (Wildman–Crippen MR) is 196 cm³/mol. The number of rotatable bonds is 21. The molecule has 0 aliphatic carbocycles. The molecule has 4 rings (SSSR count). The van der Waals surface area contributed by atoms with Crippen molar-refractivity contribution >= 4 is 29.6 Å². The number of halogens is 1. The summed E-state index contributed by atoms with van der Waals surface area (Å²) in [7, 11) is 0. The summed E-state index contributed by atoms with van der Waals surface area (Å²) in [6.07, 6.45) is 1.89. The average molecular weight is 783 g/mol. The van der Waals surface area contributed by atoms with Gasteiger partial charge in [0, 0.05) is 18.5 Å². The number of nitrogens with two attached hydrogens (primary N) is 2. The summed E-state index contributed by atoms with van der Waals surface area (Å²) in [6.45, 7) is 1.35. The van der Waals surface area contributed by atoms with Gasteiger partial charge in [-0.3, -0.25) is 0 Å². The summed E-state index contributed by atoms with van der Waals surface area (Å²) in [5, 5.41) is 23.9. The highest BCUT2D eigenvalue weighted by Gasteiger charge is 2.24. The van der Waals surface area contributed by atoms with Crippen LogP contribution in [0.4, 0.5) is 4.79 Å². The zero-order valence-corrected chi connectivity index (χ0v) is 30.5. The summed E-state index contributed by atoms with van der Waals surface area (Å²) in [5.41, 5.74) is 9.70. The molecular weight excluding hydrogens is 744 g/mol. The van der Waals surface area contributed by atoms with Crippen LogP contribution in [0.5, 0.6) is 5.75 Å². The number of benzene rings is 3. The third-order valence-corrected chi connectivity index (χ3v) is 7.98. The number of imidazole rings is 1. The summed E-state index contributed by atoms with van der Waals surface area (Å²) in [4.78, 5) is 59.2. The SMILES string of the molecule is CCCCc1nc(Cl)c(C(=O)Oc2cccc(CO[N+](=O)[O-])c2)n1Cc1ccc(-c2ccccc2/C(N)=N/N(N)COC(=O)OCCCCO[N+](=O)[O-])cc1. The van der Waals surface area contributed by atoms with E-state index in [1.165, 1.54) is 12.1 Å². The molecule has 0 fully saturated rings. The van der Waals surface area contributed by atoms with Crippen LogP contribution in [0.2, 0.25) is 5.15 Å². The van der Waals surface area contributed by atoms with Crippen molar-refractivity contribution in [2.75, 3.05) is 19.9 Å². The Hall–Kier alpha value is -6.47. The number of esters is 1. The lowest BCUT2D eigenvalue weighted by atomic mass is 9.98. The van der Waals surface area contributed by atoms with Crippen LogP contribution in [0.15, 0.2) is 77.9 Å². The first-order valence-corrected chi connectivity index (χ1v) is 17.3. The van der Waals surface area contributed by atoms with Crippen molar-refractivity contribution in [1.29, 1.82) is 0 Å². The van der Waals surface area contributed by atoms with Crippen LogP contribution in [0, 0.1) is 20.2 Å². The molecule has 0 saturated carbocycles. The molecule has 3 aromatic carbocycles. The fourth-order valence-corrected chi connectivity index (χ4v) is 5.43. The van der Waals surface area contributed by atoms with Gasteiger partial charge in [0.05, 0.1) is 13.2 Å². The van der Waals surface area contributed by atoms with Crippen molar-refractivity contribution in [2.24, 2.45) is 16.7 Å². The van der Waals surface area contributed by atoms with Gasteiger partial charge in [-0.25, -0.2) is 20.4 Å². The average Bonchev–Trinajstić information content (AvgIpc) is 3.47. The summed E-state index contributed by atoms with van der Waals surface area (Å²) < 4.78 is 17.2. The largest absolute Gasteiger partial charge is 0.510 e. The number of hydrogen-bond acceptors (Lipinski definition) is 15. The molecule has 4 N–H and O–H groups in total. The van der Waals surface area contributed by atoms with E-state index in [2.05, 4.69) is 19.8 Å². The molecule has 0 atom stereocenters. The molecule has 1 heterocycles. The minimum absolute atomic E-state index is 0.0153. The lowest BCUT2D eigenvalue weighted by Gasteiger charge is -2.16. The Morgan fingerprint density at radius 1 is 0.927 bits per heavy atom. The Kier molecular flexibility index (Phi) is 15.5. The monoisotopic (exact) mass is 782 g/mol. The number of aromatic nitrogens is 2. The number of carbonyl (C=O) groups excluding carboxylic acids is 2. The minimum atomic E-state index is -1.01. The first kappa shape index (κ1) is 41.3. The first-order chi connectivity index (χ1) is 26.4. The van der Waals surface area contributed by atoms with Gasteiger partial charge in [0.2, 0.25) is 0 Å². The second-order valence-electron chi connectivity index (χ2n) is 11.7. The zero-order valence-electron chi connectivity index (χ0n) is 29.7.